The number of aromatic nitrogens is 2. The Hall–Kier alpha value is -1.71. The van der Waals surface area contributed by atoms with Gasteiger partial charge in [0.2, 0.25) is 0 Å². The van der Waals surface area contributed by atoms with Crippen LogP contribution in [-0.2, 0) is 19.1 Å². The third-order valence-electron chi connectivity index (χ3n) is 3.98. The molecule has 1 amide bonds. The summed E-state index contributed by atoms with van der Waals surface area (Å²) in [5.41, 5.74) is 1.14. The van der Waals surface area contributed by atoms with E-state index >= 15 is 0 Å². The number of thiophene rings is 1. The highest BCUT2D eigenvalue weighted by Gasteiger charge is 2.19. The molecule has 25 heavy (non-hydrogen) atoms. The number of hydrogen-bond acceptors (Lipinski definition) is 8. The molecule has 0 N–H and O–H groups in total. The van der Waals surface area contributed by atoms with Crippen LogP contribution in [0.25, 0.3) is 10.2 Å². The molecule has 0 spiro atoms. The second kappa shape index (κ2) is 8.11. The van der Waals surface area contributed by atoms with E-state index in [4.69, 9.17) is 9.47 Å². The predicted molar refractivity (Wildman–Crippen MR) is 96.0 cm³/mol. The van der Waals surface area contributed by atoms with E-state index in [1.165, 1.54) is 23.0 Å². The van der Waals surface area contributed by atoms with Gasteiger partial charge in [-0.25, -0.2) is 9.97 Å². The van der Waals surface area contributed by atoms with Gasteiger partial charge in [-0.2, -0.15) is 0 Å². The smallest absolute Gasteiger partial charge is 0.316 e. The van der Waals surface area contributed by atoms with E-state index in [1.807, 2.05) is 13.8 Å². The molecule has 9 heteroatoms. The first-order valence-corrected chi connectivity index (χ1v) is 9.71. The van der Waals surface area contributed by atoms with Gasteiger partial charge in [0.25, 0.3) is 5.91 Å². The zero-order chi connectivity index (χ0) is 17.8. The van der Waals surface area contributed by atoms with Crippen LogP contribution in [0.4, 0.5) is 0 Å². The Labute approximate surface area is 153 Å². The van der Waals surface area contributed by atoms with Crippen LogP contribution in [0, 0.1) is 13.8 Å². The summed E-state index contributed by atoms with van der Waals surface area (Å²) in [7, 11) is 0. The van der Waals surface area contributed by atoms with Crippen molar-refractivity contribution in [1.82, 2.24) is 14.9 Å². The van der Waals surface area contributed by atoms with E-state index in [-0.39, 0.29) is 18.3 Å². The van der Waals surface area contributed by atoms with Gasteiger partial charge < -0.3 is 14.4 Å². The van der Waals surface area contributed by atoms with Crippen molar-refractivity contribution in [3.63, 3.8) is 0 Å². The van der Waals surface area contributed by atoms with Crippen molar-refractivity contribution in [2.24, 2.45) is 0 Å². The Kier molecular flexibility index (Phi) is 5.87. The normalized spacial score (nSPS) is 14.7. The molecule has 1 aliphatic heterocycles. The number of aryl methyl sites for hydroxylation is 2. The average Bonchev–Trinajstić information content (AvgIpc) is 2.93. The second-order valence-electron chi connectivity index (χ2n) is 5.58. The van der Waals surface area contributed by atoms with Gasteiger partial charge in [-0.15, -0.1) is 11.3 Å². The van der Waals surface area contributed by atoms with Crippen LogP contribution in [0.1, 0.15) is 10.4 Å². The van der Waals surface area contributed by atoms with E-state index in [0.29, 0.717) is 26.3 Å². The fraction of sp³-hybridized carbons (Fsp3) is 0.500. The fourth-order valence-corrected chi connectivity index (χ4v) is 4.39. The van der Waals surface area contributed by atoms with Crippen molar-refractivity contribution in [3.05, 3.63) is 16.8 Å². The Morgan fingerprint density at radius 1 is 1.32 bits per heavy atom. The number of carbonyl (C=O) groups is 2. The van der Waals surface area contributed by atoms with Gasteiger partial charge in [-0.05, 0) is 19.4 Å². The number of hydrogen-bond donors (Lipinski definition) is 0. The maximum Gasteiger partial charge on any atom is 0.316 e. The minimum atomic E-state index is -0.428. The second-order valence-corrected chi connectivity index (χ2v) is 7.75. The molecule has 0 aliphatic carbocycles. The first-order chi connectivity index (χ1) is 12.1. The summed E-state index contributed by atoms with van der Waals surface area (Å²) in [6.45, 7) is 5.98. The molecule has 134 valence electrons. The van der Waals surface area contributed by atoms with Crippen LogP contribution in [-0.4, -0.2) is 65.4 Å². The number of amides is 1. The number of nitrogens with zero attached hydrogens (tertiary/aromatic N) is 3. The predicted octanol–water partition coefficient (Wildman–Crippen LogP) is 1.80. The monoisotopic (exact) mass is 381 g/mol. The Morgan fingerprint density at radius 2 is 2.08 bits per heavy atom. The van der Waals surface area contributed by atoms with E-state index < -0.39 is 5.97 Å². The molecule has 3 heterocycles. The maximum atomic E-state index is 12.0. The third-order valence-corrected chi connectivity index (χ3v) is 6.06. The molecule has 0 unspecified atom stereocenters. The SMILES string of the molecule is Cc1sc2ncnc(SCC(=O)OCC(=O)N3CCOCC3)c2c1C. The topological polar surface area (TPSA) is 81.6 Å². The molecule has 2 aromatic heterocycles. The Bertz CT molecular complexity index is 787. The molecular weight excluding hydrogens is 362 g/mol. The highest BCUT2D eigenvalue weighted by molar-refractivity contribution is 8.00. The van der Waals surface area contributed by atoms with Gasteiger partial charge in [0.15, 0.2) is 6.61 Å². The van der Waals surface area contributed by atoms with Crippen LogP contribution in [0.5, 0.6) is 0 Å². The van der Waals surface area contributed by atoms with Crippen LogP contribution in [0.3, 0.4) is 0 Å². The molecule has 0 bridgehead atoms. The number of carbonyl (C=O) groups excluding carboxylic acids is 2. The third kappa shape index (κ3) is 4.28. The van der Waals surface area contributed by atoms with Gasteiger partial charge in [0, 0.05) is 23.4 Å². The van der Waals surface area contributed by atoms with Crippen LogP contribution < -0.4 is 0 Å². The van der Waals surface area contributed by atoms with Crippen molar-refractivity contribution in [1.29, 1.82) is 0 Å². The summed E-state index contributed by atoms with van der Waals surface area (Å²) in [6, 6.07) is 0. The van der Waals surface area contributed by atoms with Gasteiger partial charge in [-0.3, -0.25) is 9.59 Å². The molecular formula is C16H19N3O4S2. The standard InChI is InChI=1S/C16H19N3O4S2/c1-10-11(2)25-16-14(10)15(17-9-18-16)24-8-13(21)23-7-12(20)19-3-5-22-6-4-19/h9H,3-8H2,1-2H3. The highest BCUT2D eigenvalue weighted by atomic mass is 32.2. The summed E-state index contributed by atoms with van der Waals surface area (Å²) in [5.74, 6) is -0.505. The zero-order valence-corrected chi connectivity index (χ0v) is 15.7. The quantitative estimate of drug-likeness (QED) is 0.444. The fourth-order valence-electron chi connectivity index (χ4n) is 2.47. The molecule has 0 saturated carbocycles. The molecule has 1 fully saturated rings. The first-order valence-electron chi connectivity index (χ1n) is 7.91. The lowest BCUT2D eigenvalue weighted by Gasteiger charge is -2.26. The van der Waals surface area contributed by atoms with E-state index in [0.717, 1.165) is 20.8 Å². The first kappa shape index (κ1) is 18.1. The number of morpholine rings is 1. The summed E-state index contributed by atoms with van der Waals surface area (Å²) in [5, 5.41) is 1.76. The van der Waals surface area contributed by atoms with Gasteiger partial charge in [0.1, 0.15) is 16.2 Å². The molecule has 3 rings (SSSR count). The number of fused-ring (bicyclic) bond motifs is 1. The van der Waals surface area contributed by atoms with E-state index in [1.54, 1.807) is 16.2 Å². The van der Waals surface area contributed by atoms with Crippen molar-refractivity contribution in [2.75, 3.05) is 38.7 Å². The minimum absolute atomic E-state index is 0.108. The lowest BCUT2D eigenvalue weighted by molar-refractivity contribution is -0.151. The molecule has 1 aliphatic rings. The summed E-state index contributed by atoms with van der Waals surface area (Å²) in [4.78, 5) is 36.2. The molecule has 0 aromatic carbocycles. The lowest BCUT2D eigenvalue weighted by atomic mass is 10.2. The minimum Gasteiger partial charge on any atom is -0.455 e. The molecule has 0 atom stereocenters. The molecule has 2 aromatic rings. The number of rotatable bonds is 5. The van der Waals surface area contributed by atoms with Crippen LogP contribution >= 0.6 is 23.1 Å². The summed E-state index contributed by atoms with van der Waals surface area (Å²) in [6.07, 6.45) is 1.51. The van der Waals surface area contributed by atoms with Gasteiger partial charge in [-0.1, -0.05) is 11.8 Å². The summed E-state index contributed by atoms with van der Waals surface area (Å²) >= 11 is 2.93. The molecule has 0 radical (unpaired) electrons. The van der Waals surface area contributed by atoms with E-state index in [9.17, 15) is 9.59 Å². The van der Waals surface area contributed by atoms with Gasteiger partial charge >= 0.3 is 5.97 Å². The van der Waals surface area contributed by atoms with Crippen molar-refractivity contribution in [2.45, 2.75) is 18.9 Å². The number of thioether (sulfide) groups is 1. The lowest BCUT2D eigenvalue weighted by Crippen LogP contribution is -2.42. The number of ether oxygens (including phenoxy) is 2. The largest absolute Gasteiger partial charge is 0.455 e. The zero-order valence-electron chi connectivity index (χ0n) is 14.1. The van der Waals surface area contributed by atoms with Crippen LogP contribution in [0.15, 0.2) is 11.4 Å². The van der Waals surface area contributed by atoms with Crippen molar-refractivity contribution < 1.29 is 19.1 Å². The number of esters is 1. The van der Waals surface area contributed by atoms with E-state index in [2.05, 4.69) is 9.97 Å². The average molecular weight is 381 g/mol. The summed E-state index contributed by atoms with van der Waals surface area (Å²) < 4.78 is 10.3. The maximum absolute atomic E-state index is 12.0. The molecule has 7 nitrogen and oxygen atoms in total. The highest BCUT2D eigenvalue weighted by Crippen LogP contribution is 2.34. The Balaban J connectivity index is 1.53. The van der Waals surface area contributed by atoms with Crippen LogP contribution in [0.2, 0.25) is 0 Å². The van der Waals surface area contributed by atoms with Crippen molar-refractivity contribution >= 4 is 45.2 Å². The van der Waals surface area contributed by atoms with Crippen molar-refractivity contribution in [3.8, 4) is 0 Å². The molecule has 1 saturated heterocycles. The Morgan fingerprint density at radius 3 is 2.84 bits per heavy atom. The van der Waals surface area contributed by atoms with Gasteiger partial charge in [0.05, 0.1) is 19.0 Å².